The summed E-state index contributed by atoms with van der Waals surface area (Å²) in [4.78, 5) is 40.0. The van der Waals surface area contributed by atoms with Crippen LogP contribution in [0, 0.1) is 11.3 Å². The lowest BCUT2D eigenvalue weighted by Crippen LogP contribution is -2.35. The van der Waals surface area contributed by atoms with Gasteiger partial charge in [-0.15, -0.1) is 0 Å². The predicted molar refractivity (Wildman–Crippen MR) is 84.8 cm³/mol. The highest BCUT2D eigenvalue weighted by Crippen LogP contribution is 2.32. The minimum atomic E-state index is -0.816. The smallest absolute Gasteiger partial charge is 0.279 e. The summed E-state index contributed by atoms with van der Waals surface area (Å²) in [5.74, 6) is -0.702. The van der Waals surface area contributed by atoms with Gasteiger partial charge in [0, 0.05) is 10.6 Å². The number of thioether (sulfide) groups is 1. The summed E-state index contributed by atoms with van der Waals surface area (Å²) in [6.07, 6.45) is -0.412. The third-order valence-electron chi connectivity index (χ3n) is 3.10. The van der Waals surface area contributed by atoms with Crippen molar-refractivity contribution in [1.29, 1.82) is 5.26 Å². The van der Waals surface area contributed by atoms with Crippen LogP contribution in [0.5, 0.6) is 0 Å². The summed E-state index contributed by atoms with van der Waals surface area (Å²) in [5.41, 5.74) is -0.801. The molecule has 2 aromatic rings. The first-order valence-corrected chi connectivity index (χ1v) is 7.76. The molecule has 0 fully saturated rings. The van der Waals surface area contributed by atoms with Crippen molar-refractivity contribution >= 4 is 46.0 Å². The largest absolute Gasteiger partial charge is 0.286 e. The molecule has 0 amide bonds. The Kier molecular flexibility index (Phi) is 3.98. The first kappa shape index (κ1) is 15.7. The van der Waals surface area contributed by atoms with E-state index < -0.39 is 23.0 Å². The van der Waals surface area contributed by atoms with Gasteiger partial charge in [0.05, 0.1) is 17.1 Å². The first-order valence-electron chi connectivity index (χ1n) is 6.19. The molecule has 1 aromatic heterocycles. The highest BCUT2D eigenvalue weighted by molar-refractivity contribution is 8.13. The molecule has 6 nitrogen and oxygen atoms in total. The quantitative estimate of drug-likeness (QED) is 0.569. The Morgan fingerprint density at radius 2 is 2.00 bits per heavy atom. The lowest BCUT2D eigenvalue weighted by Gasteiger charge is -2.16. The van der Waals surface area contributed by atoms with E-state index in [2.05, 4.69) is 4.98 Å². The zero-order chi connectivity index (χ0) is 16.7. The molecule has 0 radical (unpaired) electrons. The van der Waals surface area contributed by atoms with E-state index in [1.165, 1.54) is 18.2 Å². The zero-order valence-electron chi connectivity index (χ0n) is 11.2. The molecule has 0 atom stereocenters. The number of rotatable bonds is 1. The van der Waals surface area contributed by atoms with E-state index in [4.69, 9.17) is 23.2 Å². The maximum absolute atomic E-state index is 12.4. The van der Waals surface area contributed by atoms with Crippen LogP contribution in [0.3, 0.4) is 0 Å². The second-order valence-electron chi connectivity index (χ2n) is 4.54. The van der Waals surface area contributed by atoms with Gasteiger partial charge in [-0.05, 0) is 30.0 Å². The molecule has 0 saturated heterocycles. The van der Waals surface area contributed by atoms with Gasteiger partial charge in [-0.1, -0.05) is 23.2 Å². The molecular formula is C14H5Cl2N3O3S. The average molecular weight is 366 g/mol. The summed E-state index contributed by atoms with van der Waals surface area (Å²) in [5, 5.41) is 9.38. The fraction of sp³-hybridized carbons (Fsp3) is 0.0714. The highest BCUT2D eigenvalue weighted by atomic mass is 35.5. The van der Waals surface area contributed by atoms with Gasteiger partial charge in [-0.3, -0.25) is 14.4 Å². The second-order valence-corrected chi connectivity index (χ2v) is 6.41. The SMILES string of the molecule is N#Cc1c(-c2ccc(Cl)cc2Cl)nc2n(c1=O)C(=O)CC(=O)S2. The van der Waals surface area contributed by atoms with Gasteiger partial charge in [-0.2, -0.15) is 5.26 Å². The number of carbonyl (C=O) groups excluding carboxylic acids is 2. The minimum Gasteiger partial charge on any atom is -0.286 e. The van der Waals surface area contributed by atoms with Crippen LogP contribution in [0.25, 0.3) is 11.3 Å². The van der Waals surface area contributed by atoms with E-state index in [9.17, 15) is 19.6 Å². The molecule has 0 bridgehead atoms. The highest BCUT2D eigenvalue weighted by Gasteiger charge is 2.29. The Bertz CT molecular complexity index is 978. The molecule has 0 saturated carbocycles. The Hall–Kier alpha value is -2.14. The van der Waals surface area contributed by atoms with Crippen LogP contribution < -0.4 is 5.56 Å². The number of aromatic nitrogens is 2. The van der Waals surface area contributed by atoms with Crippen LogP contribution in [0.4, 0.5) is 0 Å². The van der Waals surface area contributed by atoms with Crippen LogP contribution >= 0.6 is 35.0 Å². The van der Waals surface area contributed by atoms with Gasteiger partial charge in [0.1, 0.15) is 11.6 Å². The Labute approximate surface area is 143 Å². The van der Waals surface area contributed by atoms with Crippen molar-refractivity contribution in [3.8, 4) is 17.3 Å². The fourth-order valence-electron chi connectivity index (χ4n) is 2.11. The first-order chi connectivity index (χ1) is 10.9. The second kappa shape index (κ2) is 5.81. The Balaban J connectivity index is 2.35. The number of halogens is 2. The van der Waals surface area contributed by atoms with Crippen LogP contribution in [0.1, 0.15) is 16.8 Å². The van der Waals surface area contributed by atoms with Crippen LogP contribution in [0.15, 0.2) is 28.2 Å². The third kappa shape index (κ3) is 2.65. The van der Waals surface area contributed by atoms with Crippen LogP contribution in [-0.2, 0) is 4.79 Å². The van der Waals surface area contributed by atoms with E-state index in [-0.39, 0.29) is 21.4 Å². The van der Waals surface area contributed by atoms with E-state index >= 15 is 0 Å². The zero-order valence-corrected chi connectivity index (χ0v) is 13.5. The topological polar surface area (TPSA) is 92.8 Å². The van der Waals surface area contributed by atoms with E-state index in [1.54, 1.807) is 6.07 Å². The molecule has 9 heteroatoms. The summed E-state index contributed by atoms with van der Waals surface area (Å²) in [7, 11) is 0. The van der Waals surface area contributed by atoms with Crippen molar-refractivity contribution in [3.63, 3.8) is 0 Å². The van der Waals surface area contributed by atoms with Crippen molar-refractivity contribution < 1.29 is 9.59 Å². The van der Waals surface area contributed by atoms with Crippen molar-refractivity contribution in [2.45, 2.75) is 11.6 Å². The van der Waals surface area contributed by atoms with Gasteiger partial charge in [0.15, 0.2) is 5.16 Å². The molecule has 114 valence electrons. The monoisotopic (exact) mass is 365 g/mol. The Morgan fingerprint density at radius 3 is 2.65 bits per heavy atom. The third-order valence-corrected chi connectivity index (χ3v) is 4.48. The van der Waals surface area contributed by atoms with Gasteiger partial charge >= 0.3 is 0 Å². The lowest BCUT2D eigenvalue weighted by molar-refractivity contribution is -0.110. The number of nitrogens with zero attached hydrogens (tertiary/aromatic N) is 3. The molecule has 1 aliphatic rings. The molecule has 1 aliphatic heterocycles. The molecule has 0 N–H and O–H groups in total. The molecule has 0 aliphatic carbocycles. The number of benzene rings is 1. The summed E-state index contributed by atoms with van der Waals surface area (Å²) in [6.45, 7) is 0. The average Bonchev–Trinajstić information content (AvgIpc) is 2.46. The summed E-state index contributed by atoms with van der Waals surface area (Å²) >= 11 is 12.6. The maximum Gasteiger partial charge on any atom is 0.279 e. The van der Waals surface area contributed by atoms with Crippen molar-refractivity contribution in [2.24, 2.45) is 0 Å². The van der Waals surface area contributed by atoms with E-state index in [1.807, 2.05) is 0 Å². The van der Waals surface area contributed by atoms with Gasteiger partial charge in [-0.25, -0.2) is 9.55 Å². The molecule has 23 heavy (non-hydrogen) atoms. The van der Waals surface area contributed by atoms with Crippen molar-refractivity contribution in [3.05, 3.63) is 44.2 Å². The number of fused-ring (bicyclic) bond motifs is 1. The number of hydrogen-bond donors (Lipinski definition) is 0. The van der Waals surface area contributed by atoms with Gasteiger partial charge in [0.25, 0.3) is 5.56 Å². The summed E-state index contributed by atoms with van der Waals surface area (Å²) in [6, 6.07) is 6.25. The van der Waals surface area contributed by atoms with E-state index in [0.717, 1.165) is 4.57 Å². The summed E-state index contributed by atoms with van der Waals surface area (Å²) < 4.78 is 0.748. The number of hydrogen-bond acceptors (Lipinski definition) is 6. The molecule has 0 unspecified atom stereocenters. The molecule has 1 aromatic carbocycles. The van der Waals surface area contributed by atoms with Crippen LogP contribution in [0.2, 0.25) is 10.0 Å². The Morgan fingerprint density at radius 1 is 1.26 bits per heavy atom. The number of carbonyl (C=O) groups is 2. The van der Waals surface area contributed by atoms with Crippen molar-refractivity contribution in [2.75, 3.05) is 0 Å². The molecule has 2 heterocycles. The predicted octanol–water partition coefficient (Wildman–Crippen LogP) is 2.75. The molecular weight excluding hydrogens is 361 g/mol. The maximum atomic E-state index is 12.4. The van der Waals surface area contributed by atoms with Crippen LogP contribution in [-0.4, -0.2) is 20.6 Å². The molecule has 0 spiro atoms. The molecule has 3 rings (SSSR count). The standard InChI is InChI=1S/C14H5Cl2N3O3S/c15-6-1-2-7(9(16)3-6)12-8(5-17)13(22)19-10(20)4-11(21)23-14(19)18-12/h1-3H,4H2. The lowest BCUT2D eigenvalue weighted by atomic mass is 10.1. The fourth-order valence-corrected chi connectivity index (χ4v) is 3.42. The minimum absolute atomic E-state index is 0.0143. The number of nitriles is 1. The van der Waals surface area contributed by atoms with E-state index in [0.29, 0.717) is 22.3 Å². The normalized spacial score (nSPS) is 13.6. The van der Waals surface area contributed by atoms with Crippen molar-refractivity contribution in [1.82, 2.24) is 9.55 Å². The van der Waals surface area contributed by atoms with Gasteiger partial charge in [0.2, 0.25) is 11.0 Å². The van der Waals surface area contributed by atoms with Gasteiger partial charge < -0.3 is 0 Å².